The van der Waals surface area contributed by atoms with E-state index in [9.17, 15) is 5.11 Å². The van der Waals surface area contributed by atoms with Gasteiger partial charge >= 0.3 is 0 Å². The van der Waals surface area contributed by atoms with Crippen LogP contribution in [0.15, 0.2) is 18.5 Å². The standard InChI is InChI=1S/C12H18N4O/c17-12-2-6-13-8-10(12)9-16(7-3-12)11-14-4-1-5-15-11/h1,4-5,10,13,17H,2-3,6-9H2/t10-,12-/m0/s1. The van der Waals surface area contributed by atoms with Crippen molar-refractivity contribution in [3.05, 3.63) is 18.5 Å². The van der Waals surface area contributed by atoms with Gasteiger partial charge in [-0.25, -0.2) is 9.97 Å². The molecule has 2 atom stereocenters. The first-order valence-electron chi connectivity index (χ1n) is 6.23. The van der Waals surface area contributed by atoms with Crippen molar-refractivity contribution in [2.75, 3.05) is 31.1 Å². The third-order valence-corrected chi connectivity index (χ3v) is 3.98. The minimum Gasteiger partial charge on any atom is -0.389 e. The molecule has 17 heavy (non-hydrogen) atoms. The predicted octanol–water partition coefficient (Wildman–Crippen LogP) is 0.0273. The van der Waals surface area contributed by atoms with Crippen molar-refractivity contribution < 1.29 is 5.11 Å². The van der Waals surface area contributed by atoms with Gasteiger partial charge in [0.05, 0.1) is 5.60 Å². The van der Waals surface area contributed by atoms with Gasteiger partial charge in [-0.2, -0.15) is 0 Å². The lowest BCUT2D eigenvalue weighted by Gasteiger charge is -2.47. The number of piperidine rings is 2. The topological polar surface area (TPSA) is 61.3 Å². The molecule has 2 saturated heterocycles. The third-order valence-electron chi connectivity index (χ3n) is 3.98. The summed E-state index contributed by atoms with van der Waals surface area (Å²) in [5, 5.41) is 13.9. The highest BCUT2D eigenvalue weighted by atomic mass is 16.3. The summed E-state index contributed by atoms with van der Waals surface area (Å²) in [4.78, 5) is 10.7. The quantitative estimate of drug-likeness (QED) is 0.718. The van der Waals surface area contributed by atoms with E-state index < -0.39 is 5.60 Å². The first-order valence-corrected chi connectivity index (χ1v) is 6.23. The van der Waals surface area contributed by atoms with Crippen LogP contribution >= 0.6 is 0 Å². The van der Waals surface area contributed by atoms with Gasteiger partial charge in [-0.15, -0.1) is 0 Å². The molecule has 0 aliphatic carbocycles. The lowest BCUT2D eigenvalue weighted by atomic mass is 9.76. The molecule has 2 aliphatic heterocycles. The summed E-state index contributed by atoms with van der Waals surface area (Å²) in [6.07, 6.45) is 5.21. The van der Waals surface area contributed by atoms with E-state index in [1.807, 2.05) is 6.07 Å². The zero-order chi connectivity index (χ0) is 11.7. The number of hydrogen-bond acceptors (Lipinski definition) is 5. The maximum absolute atomic E-state index is 10.5. The zero-order valence-electron chi connectivity index (χ0n) is 9.84. The van der Waals surface area contributed by atoms with Gasteiger partial charge < -0.3 is 15.3 Å². The van der Waals surface area contributed by atoms with Crippen molar-refractivity contribution in [1.82, 2.24) is 15.3 Å². The highest BCUT2D eigenvalue weighted by molar-refractivity contribution is 5.30. The van der Waals surface area contributed by atoms with Crippen molar-refractivity contribution in [2.45, 2.75) is 18.4 Å². The van der Waals surface area contributed by atoms with E-state index >= 15 is 0 Å². The maximum Gasteiger partial charge on any atom is 0.225 e. The Kier molecular flexibility index (Phi) is 2.72. The number of aromatic nitrogens is 2. The monoisotopic (exact) mass is 234 g/mol. The van der Waals surface area contributed by atoms with Gasteiger partial charge in [0.25, 0.3) is 0 Å². The summed E-state index contributed by atoms with van der Waals surface area (Å²) in [7, 11) is 0. The fourth-order valence-electron chi connectivity index (χ4n) is 2.86. The molecule has 0 radical (unpaired) electrons. The molecule has 5 nitrogen and oxygen atoms in total. The molecule has 3 rings (SSSR count). The zero-order valence-corrected chi connectivity index (χ0v) is 9.84. The van der Waals surface area contributed by atoms with Crippen LogP contribution in [-0.2, 0) is 0 Å². The molecule has 0 bridgehead atoms. The molecule has 1 aromatic rings. The van der Waals surface area contributed by atoms with E-state index in [1.165, 1.54) is 0 Å². The number of fused-ring (bicyclic) bond motifs is 1. The maximum atomic E-state index is 10.5. The molecule has 1 aromatic heterocycles. The minimum atomic E-state index is -0.476. The number of nitrogens with one attached hydrogen (secondary N) is 1. The van der Waals surface area contributed by atoms with E-state index in [4.69, 9.17) is 0 Å². The van der Waals surface area contributed by atoms with Gasteiger partial charge in [-0.1, -0.05) is 0 Å². The lowest BCUT2D eigenvalue weighted by Crippen LogP contribution is -2.59. The molecular weight excluding hydrogens is 216 g/mol. The van der Waals surface area contributed by atoms with Gasteiger partial charge in [-0.3, -0.25) is 0 Å². The van der Waals surface area contributed by atoms with Crippen LogP contribution in [0.3, 0.4) is 0 Å². The van der Waals surface area contributed by atoms with E-state index in [1.54, 1.807) is 12.4 Å². The molecule has 0 aromatic carbocycles. The second-order valence-electron chi connectivity index (χ2n) is 5.00. The summed E-state index contributed by atoms with van der Waals surface area (Å²) in [5.41, 5.74) is -0.476. The summed E-state index contributed by atoms with van der Waals surface area (Å²) in [6, 6.07) is 1.83. The van der Waals surface area contributed by atoms with Crippen LogP contribution in [0.1, 0.15) is 12.8 Å². The van der Waals surface area contributed by atoms with Crippen molar-refractivity contribution in [2.24, 2.45) is 5.92 Å². The van der Waals surface area contributed by atoms with E-state index in [0.717, 1.165) is 45.0 Å². The minimum absolute atomic E-state index is 0.286. The Morgan fingerprint density at radius 2 is 2.18 bits per heavy atom. The third kappa shape index (κ3) is 2.00. The highest BCUT2D eigenvalue weighted by Gasteiger charge is 2.43. The number of nitrogens with zero attached hydrogens (tertiary/aromatic N) is 3. The van der Waals surface area contributed by atoms with E-state index in [0.29, 0.717) is 0 Å². The molecule has 0 saturated carbocycles. The van der Waals surface area contributed by atoms with Crippen LogP contribution in [0, 0.1) is 5.92 Å². The summed E-state index contributed by atoms with van der Waals surface area (Å²) < 4.78 is 0. The Balaban J connectivity index is 1.76. The number of aliphatic hydroxyl groups is 1. The van der Waals surface area contributed by atoms with Gasteiger partial charge in [0, 0.05) is 37.9 Å². The molecule has 0 spiro atoms. The molecule has 2 N–H and O–H groups in total. The molecule has 5 heteroatoms. The van der Waals surface area contributed by atoms with E-state index in [2.05, 4.69) is 20.2 Å². The first-order chi connectivity index (χ1) is 8.28. The molecule has 3 heterocycles. The Bertz CT molecular complexity index is 385. The molecule has 2 fully saturated rings. The Morgan fingerprint density at radius 1 is 1.35 bits per heavy atom. The average Bonchev–Trinajstić information content (AvgIpc) is 2.39. The van der Waals surface area contributed by atoms with Gasteiger partial charge in [0.15, 0.2) is 0 Å². The van der Waals surface area contributed by atoms with Crippen LogP contribution < -0.4 is 10.2 Å². The van der Waals surface area contributed by atoms with Crippen molar-refractivity contribution in [3.63, 3.8) is 0 Å². The van der Waals surface area contributed by atoms with Crippen LogP contribution in [0.25, 0.3) is 0 Å². The number of hydrogen-bond donors (Lipinski definition) is 2. The molecule has 0 unspecified atom stereocenters. The number of rotatable bonds is 1. The molecule has 0 amide bonds. The van der Waals surface area contributed by atoms with Gasteiger partial charge in [0.1, 0.15) is 0 Å². The van der Waals surface area contributed by atoms with Crippen LogP contribution in [0.4, 0.5) is 5.95 Å². The molecule has 2 aliphatic rings. The van der Waals surface area contributed by atoms with Crippen LogP contribution in [0.5, 0.6) is 0 Å². The predicted molar refractivity (Wildman–Crippen MR) is 64.8 cm³/mol. The van der Waals surface area contributed by atoms with Crippen molar-refractivity contribution in [3.8, 4) is 0 Å². The van der Waals surface area contributed by atoms with E-state index in [-0.39, 0.29) is 5.92 Å². The Morgan fingerprint density at radius 3 is 3.00 bits per heavy atom. The Hall–Kier alpha value is -1.20. The summed E-state index contributed by atoms with van der Waals surface area (Å²) in [6.45, 7) is 3.50. The Labute approximate surface area is 101 Å². The van der Waals surface area contributed by atoms with Gasteiger partial charge in [-0.05, 0) is 25.5 Å². The molecular formula is C12H18N4O. The highest BCUT2D eigenvalue weighted by Crippen LogP contribution is 2.33. The van der Waals surface area contributed by atoms with Crippen LogP contribution in [0.2, 0.25) is 0 Å². The summed E-state index contributed by atoms with van der Waals surface area (Å²) in [5.74, 6) is 1.06. The normalized spacial score (nSPS) is 33.2. The SMILES string of the molecule is O[C@]12CCNC[C@H]1CN(c1ncccn1)CC2. The first kappa shape index (κ1) is 10.9. The lowest BCUT2D eigenvalue weighted by molar-refractivity contribution is -0.0540. The summed E-state index contributed by atoms with van der Waals surface area (Å²) >= 11 is 0. The smallest absolute Gasteiger partial charge is 0.225 e. The fraction of sp³-hybridized carbons (Fsp3) is 0.667. The molecule has 92 valence electrons. The van der Waals surface area contributed by atoms with Crippen molar-refractivity contribution in [1.29, 1.82) is 0 Å². The fourth-order valence-corrected chi connectivity index (χ4v) is 2.86. The average molecular weight is 234 g/mol. The number of anilines is 1. The van der Waals surface area contributed by atoms with Gasteiger partial charge in [0.2, 0.25) is 5.95 Å². The van der Waals surface area contributed by atoms with Crippen molar-refractivity contribution >= 4 is 5.95 Å². The second kappa shape index (κ2) is 4.23. The second-order valence-corrected chi connectivity index (χ2v) is 5.00. The van der Waals surface area contributed by atoms with Crippen LogP contribution in [-0.4, -0.2) is 46.9 Å². The largest absolute Gasteiger partial charge is 0.389 e.